The fraction of sp³-hybridized carbons (Fsp3) is 0.353. The van der Waals surface area contributed by atoms with Crippen molar-refractivity contribution in [3.8, 4) is 0 Å². The third-order valence-corrected chi connectivity index (χ3v) is 5.60. The van der Waals surface area contributed by atoms with E-state index in [1.807, 2.05) is 0 Å². The van der Waals surface area contributed by atoms with Crippen LogP contribution in [0.4, 0.5) is 5.69 Å². The summed E-state index contributed by atoms with van der Waals surface area (Å²) in [6, 6.07) is 4.97. The van der Waals surface area contributed by atoms with Gasteiger partial charge in [0.25, 0.3) is 0 Å². The molecular formula is C17H13BrClNO5. The summed E-state index contributed by atoms with van der Waals surface area (Å²) >= 11 is 9.53. The Balaban J connectivity index is 1.72. The summed E-state index contributed by atoms with van der Waals surface area (Å²) in [7, 11) is 0. The van der Waals surface area contributed by atoms with Crippen molar-refractivity contribution < 1.29 is 23.9 Å². The smallest absolute Gasteiger partial charge is 0.302 e. The van der Waals surface area contributed by atoms with Gasteiger partial charge < -0.3 is 9.47 Å². The van der Waals surface area contributed by atoms with E-state index in [-0.39, 0.29) is 12.5 Å². The summed E-state index contributed by atoms with van der Waals surface area (Å²) in [4.78, 5) is 38.3. The van der Waals surface area contributed by atoms with Gasteiger partial charge in [0.05, 0.1) is 28.6 Å². The van der Waals surface area contributed by atoms with Gasteiger partial charge in [-0.3, -0.25) is 14.4 Å². The van der Waals surface area contributed by atoms with Crippen molar-refractivity contribution >= 4 is 51.0 Å². The molecule has 1 aromatic rings. The van der Waals surface area contributed by atoms with E-state index < -0.39 is 35.4 Å². The number of carbonyl (C=O) groups excluding carboxylic acids is 3. The number of carbonyl (C=O) groups is 3. The Morgan fingerprint density at radius 1 is 1.40 bits per heavy atom. The maximum atomic E-state index is 13.1. The Morgan fingerprint density at radius 2 is 2.16 bits per heavy atom. The van der Waals surface area contributed by atoms with E-state index in [1.165, 1.54) is 6.92 Å². The van der Waals surface area contributed by atoms with Crippen LogP contribution in [-0.4, -0.2) is 36.1 Å². The largest absolute Gasteiger partial charge is 0.462 e. The van der Waals surface area contributed by atoms with E-state index in [2.05, 4.69) is 15.9 Å². The predicted octanol–water partition coefficient (Wildman–Crippen LogP) is 2.48. The molecule has 2 saturated heterocycles. The van der Waals surface area contributed by atoms with E-state index >= 15 is 0 Å². The fourth-order valence-corrected chi connectivity index (χ4v) is 4.54. The summed E-state index contributed by atoms with van der Waals surface area (Å²) in [6.07, 6.45) is 2.97. The molecule has 0 aromatic heterocycles. The van der Waals surface area contributed by atoms with E-state index in [1.54, 1.807) is 30.4 Å². The molecule has 2 fully saturated rings. The molecule has 0 unspecified atom stereocenters. The molecule has 130 valence electrons. The summed E-state index contributed by atoms with van der Waals surface area (Å²) in [5, 5.41) is 0.298. The molecule has 0 spiro atoms. The number of benzene rings is 1. The molecule has 4 rings (SSSR count). The molecule has 25 heavy (non-hydrogen) atoms. The third-order valence-electron chi connectivity index (χ3n) is 4.81. The van der Waals surface area contributed by atoms with Crippen LogP contribution in [0, 0.1) is 11.8 Å². The van der Waals surface area contributed by atoms with Gasteiger partial charge in [-0.05, 0) is 24.3 Å². The number of esters is 1. The fourth-order valence-electron chi connectivity index (χ4n) is 3.78. The summed E-state index contributed by atoms with van der Waals surface area (Å²) in [6.45, 7) is 1.19. The zero-order valence-corrected chi connectivity index (χ0v) is 15.4. The average molecular weight is 427 g/mol. The predicted molar refractivity (Wildman–Crippen MR) is 92.0 cm³/mol. The van der Waals surface area contributed by atoms with Crippen LogP contribution in [0.1, 0.15) is 6.92 Å². The Hall–Kier alpha value is -1.70. The zero-order valence-electron chi connectivity index (χ0n) is 13.1. The molecule has 3 aliphatic heterocycles. The molecule has 0 radical (unpaired) electrons. The van der Waals surface area contributed by atoms with Crippen molar-refractivity contribution in [2.45, 2.75) is 18.6 Å². The molecule has 4 atom stereocenters. The molecule has 2 bridgehead atoms. The van der Waals surface area contributed by atoms with Gasteiger partial charge in [0, 0.05) is 11.4 Å². The van der Waals surface area contributed by atoms with E-state index in [4.69, 9.17) is 21.1 Å². The number of halogens is 2. The number of anilines is 1. The Kier molecular flexibility index (Phi) is 3.79. The molecule has 3 aliphatic rings. The number of hydrogen-bond donors (Lipinski definition) is 0. The second kappa shape index (κ2) is 5.65. The first-order chi connectivity index (χ1) is 11.8. The minimum atomic E-state index is -1.09. The Morgan fingerprint density at radius 3 is 2.84 bits per heavy atom. The van der Waals surface area contributed by atoms with Crippen molar-refractivity contribution in [2.24, 2.45) is 11.8 Å². The lowest BCUT2D eigenvalue weighted by atomic mass is 9.77. The van der Waals surface area contributed by atoms with Crippen molar-refractivity contribution in [1.29, 1.82) is 0 Å². The van der Waals surface area contributed by atoms with Crippen LogP contribution in [0.3, 0.4) is 0 Å². The van der Waals surface area contributed by atoms with Crippen LogP contribution >= 0.6 is 27.5 Å². The number of amides is 2. The van der Waals surface area contributed by atoms with Gasteiger partial charge in [-0.25, -0.2) is 4.90 Å². The van der Waals surface area contributed by atoms with Crippen LogP contribution in [-0.2, 0) is 23.9 Å². The highest BCUT2D eigenvalue weighted by molar-refractivity contribution is 9.10. The normalized spacial score (nSPS) is 32.4. The van der Waals surface area contributed by atoms with Crippen molar-refractivity contribution in [1.82, 2.24) is 0 Å². The Bertz CT molecular complexity index is 840. The molecule has 3 heterocycles. The molecule has 2 amide bonds. The average Bonchev–Trinajstić information content (AvgIpc) is 3.18. The molecule has 8 heteroatoms. The summed E-state index contributed by atoms with van der Waals surface area (Å²) in [5.41, 5.74) is -0.749. The monoisotopic (exact) mass is 425 g/mol. The van der Waals surface area contributed by atoms with Crippen LogP contribution in [0.2, 0.25) is 5.02 Å². The highest BCUT2D eigenvalue weighted by Gasteiger charge is 2.68. The Labute approximate surface area is 156 Å². The van der Waals surface area contributed by atoms with Crippen molar-refractivity contribution in [2.75, 3.05) is 11.5 Å². The zero-order chi connectivity index (χ0) is 17.9. The minimum absolute atomic E-state index is 0.0998. The second-order valence-corrected chi connectivity index (χ2v) is 7.61. The molecule has 1 aromatic carbocycles. The van der Waals surface area contributed by atoms with Crippen molar-refractivity contribution in [3.05, 3.63) is 39.8 Å². The number of rotatable bonds is 3. The van der Waals surface area contributed by atoms with Crippen LogP contribution in [0.15, 0.2) is 34.8 Å². The second-order valence-electron chi connectivity index (χ2n) is 6.29. The lowest BCUT2D eigenvalue weighted by Gasteiger charge is -2.28. The lowest BCUT2D eigenvalue weighted by molar-refractivity contribution is -0.150. The number of hydrogen-bond acceptors (Lipinski definition) is 5. The summed E-state index contributed by atoms with van der Waals surface area (Å²) < 4.78 is 11.7. The first-order valence-electron chi connectivity index (χ1n) is 7.67. The minimum Gasteiger partial charge on any atom is -0.462 e. The first kappa shape index (κ1) is 16.8. The third kappa shape index (κ3) is 2.37. The van der Waals surface area contributed by atoms with Gasteiger partial charge in [0.1, 0.15) is 12.2 Å². The number of fused-ring (bicyclic) bond motifs is 5. The maximum absolute atomic E-state index is 13.1. The van der Waals surface area contributed by atoms with E-state index in [9.17, 15) is 14.4 Å². The molecular weight excluding hydrogens is 414 g/mol. The van der Waals surface area contributed by atoms with Gasteiger partial charge in [0.2, 0.25) is 11.8 Å². The molecule has 0 aliphatic carbocycles. The van der Waals surface area contributed by atoms with Crippen LogP contribution in [0.5, 0.6) is 0 Å². The molecule has 0 N–H and O–H groups in total. The van der Waals surface area contributed by atoms with Gasteiger partial charge in [-0.1, -0.05) is 33.6 Å². The van der Waals surface area contributed by atoms with Gasteiger partial charge in [-0.2, -0.15) is 0 Å². The number of nitrogens with zero attached hydrogens (tertiary/aromatic N) is 1. The van der Waals surface area contributed by atoms with Crippen LogP contribution < -0.4 is 4.90 Å². The highest BCUT2D eigenvalue weighted by atomic mass is 79.9. The van der Waals surface area contributed by atoms with Gasteiger partial charge in [-0.15, -0.1) is 0 Å². The van der Waals surface area contributed by atoms with Gasteiger partial charge in [0.15, 0.2) is 0 Å². The molecule has 0 saturated carbocycles. The topological polar surface area (TPSA) is 72.9 Å². The van der Waals surface area contributed by atoms with Gasteiger partial charge >= 0.3 is 5.97 Å². The number of ether oxygens (including phenoxy) is 2. The first-order valence-corrected chi connectivity index (χ1v) is 8.84. The highest BCUT2D eigenvalue weighted by Crippen LogP contribution is 2.53. The lowest BCUT2D eigenvalue weighted by Crippen LogP contribution is -2.44. The summed E-state index contributed by atoms with van der Waals surface area (Å²) in [5.74, 6) is -2.57. The number of imide groups is 1. The molecule has 6 nitrogen and oxygen atoms in total. The van der Waals surface area contributed by atoms with Crippen molar-refractivity contribution in [3.63, 3.8) is 0 Å². The maximum Gasteiger partial charge on any atom is 0.302 e. The SMILES string of the molecule is CC(=O)OC[C@@]12C=C[C@@H](O1)[C@@H]1C(=O)N(c3ccc(Br)cc3Cl)C(=O)[C@H]12. The quantitative estimate of drug-likeness (QED) is 0.422. The standard InChI is InChI=1S/C17H13BrClNO5/c1-8(21)24-7-17-5-4-12(25-17)13-14(17)16(23)20(15(13)22)11-3-2-9(18)6-10(11)19/h2-6,12-14H,7H2,1H3/t12-,13+,14+,17-/m1/s1. The van der Waals surface area contributed by atoms with E-state index in [0.717, 1.165) is 9.37 Å². The van der Waals surface area contributed by atoms with E-state index in [0.29, 0.717) is 10.7 Å². The van der Waals surface area contributed by atoms with Crippen LogP contribution in [0.25, 0.3) is 0 Å².